The molecule has 0 fully saturated rings. The maximum absolute atomic E-state index is 12.4. The first-order valence-corrected chi connectivity index (χ1v) is 21.1. The van der Waals surface area contributed by atoms with Gasteiger partial charge in [0.05, 0.1) is 39.6 Å². The first-order valence-electron chi connectivity index (χ1n) is 21.1. The number of hydrogen-bond donors (Lipinski definition) is 1. The third kappa shape index (κ3) is 7.35. The normalized spacial score (nSPS) is 11.8. The molecule has 302 valence electrons. The number of rotatable bonds is 7. The van der Waals surface area contributed by atoms with Gasteiger partial charge < -0.3 is 5.11 Å². The molecule has 2 heterocycles. The van der Waals surface area contributed by atoms with Crippen molar-refractivity contribution in [3.8, 4) is 84.7 Å². The Bertz CT molecular complexity index is 3140. The number of phenols is 1. The van der Waals surface area contributed by atoms with Crippen LogP contribution in [0.3, 0.4) is 0 Å². The third-order valence-electron chi connectivity index (χ3n) is 11.7. The molecule has 0 spiro atoms. The lowest BCUT2D eigenvalue weighted by atomic mass is 9.79. The maximum Gasteiger partial charge on any atom is 0.149 e. The van der Waals surface area contributed by atoms with Crippen LogP contribution in [-0.4, -0.2) is 19.6 Å². The fourth-order valence-electron chi connectivity index (χ4n) is 8.48. The second-order valence-corrected chi connectivity index (χ2v) is 18.0. The van der Waals surface area contributed by atoms with Crippen molar-refractivity contribution in [2.75, 3.05) is 0 Å². The summed E-state index contributed by atoms with van der Waals surface area (Å²) < 4.78 is 2.22. The Morgan fingerprint density at radius 1 is 0.532 bits per heavy atom. The molecule has 0 radical (unpaired) electrons. The van der Waals surface area contributed by atoms with Gasteiger partial charge in [0.25, 0.3) is 0 Å². The van der Waals surface area contributed by atoms with Crippen molar-refractivity contribution in [2.24, 2.45) is 0 Å². The van der Waals surface area contributed by atoms with Crippen LogP contribution in [0.25, 0.3) is 83.9 Å². The zero-order valence-corrected chi connectivity index (χ0v) is 36.0. The van der Waals surface area contributed by atoms with Crippen molar-refractivity contribution in [2.45, 2.75) is 52.4 Å². The summed E-state index contributed by atoms with van der Waals surface area (Å²) in [6.45, 7) is 13.1. The Labute approximate surface area is 364 Å². The number of fused-ring (bicyclic) bond motifs is 1. The quantitative estimate of drug-likeness (QED) is 0.174. The number of imidazole rings is 1. The van der Waals surface area contributed by atoms with Crippen LogP contribution in [0.4, 0.5) is 0 Å². The molecule has 0 unspecified atom stereocenters. The Morgan fingerprint density at radius 2 is 1.13 bits per heavy atom. The molecule has 5 nitrogen and oxygen atoms in total. The van der Waals surface area contributed by atoms with Gasteiger partial charge in [-0.25, -0.2) is 4.98 Å². The van der Waals surface area contributed by atoms with E-state index in [1.54, 1.807) is 12.3 Å². The standard InChI is InChI=1S/C57H48N4O/c1-56(2,3)44-34-47(54(62)48(35-44)57(4,5)6)55-60-53-46(26-18-28-50(53)61(55)49-27-17-16-25-45(49)38-21-12-8-13-22-38)42-31-41(37-19-10-7-11-20-37)32-43(33-42)52-51(39-23-14-9-15-24-39)40(36-58)29-30-59-52/h7-35,62H,1-6H3. The molecule has 0 aliphatic heterocycles. The highest BCUT2D eigenvalue weighted by Crippen LogP contribution is 2.46. The number of para-hydroxylation sites is 2. The molecule has 0 amide bonds. The van der Waals surface area contributed by atoms with Gasteiger partial charge in [0.1, 0.15) is 11.6 Å². The van der Waals surface area contributed by atoms with Gasteiger partial charge in [-0.2, -0.15) is 5.26 Å². The molecule has 0 bridgehead atoms. The molecule has 1 N–H and O–H groups in total. The fraction of sp³-hybridized carbons (Fsp3) is 0.140. The number of benzene rings is 7. The lowest BCUT2D eigenvalue weighted by Crippen LogP contribution is -2.17. The van der Waals surface area contributed by atoms with Crippen molar-refractivity contribution in [3.05, 3.63) is 193 Å². The van der Waals surface area contributed by atoms with E-state index in [4.69, 9.17) is 9.97 Å². The molecule has 9 rings (SSSR count). The maximum atomic E-state index is 12.4. The second kappa shape index (κ2) is 15.8. The number of nitrogens with zero attached hydrogens (tertiary/aromatic N) is 4. The van der Waals surface area contributed by atoms with Crippen molar-refractivity contribution in [1.82, 2.24) is 14.5 Å². The number of aromatic hydroxyl groups is 1. The lowest BCUT2D eigenvalue weighted by Gasteiger charge is -2.27. The van der Waals surface area contributed by atoms with E-state index in [0.717, 1.165) is 83.6 Å². The van der Waals surface area contributed by atoms with Gasteiger partial charge in [0, 0.05) is 34.0 Å². The van der Waals surface area contributed by atoms with E-state index in [2.05, 4.69) is 174 Å². The van der Waals surface area contributed by atoms with Crippen LogP contribution < -0.4 is 0 Å². The number of aromatic nitrogens is 3. The van der Waals surface area contributed by atoms with Gasteiger partial charge in [0.15, 0.2) is 0 Å². The lowest BCUT2D eigenvalue weighted by molar-refractivity contribution is 0.446. The highest BCUT2D eigenvalue weighted by atomic mass is 16.3. The average Bonchev–Trinajstić information content (AvgIpc) is 3.68. The molecule has 0 saturated heterocycles. The van der Waals surface area contributed by atoms with Crippen molar-refractivity contribution < 1.29 is 5.11 Å². The first-order chi connectivity index (χ1) is 29.9. The molecule has 9 aromatic rings. The van der Waals surface area contributed by atoms with Crippen molar-refractivity contribution >= 4 is 11.0 Å². The number of pyridine rings is 1. The largest absolute Gasteiger partial charge is 0.507 e. The number of hydrogen-bond acceptors (Lipinski definition) is 4. The monoisotopic (exact) mass is 804 g/mol. The van der Waals surface area contributed by atoms with Crippen molar-refractivity contribution in [1.29, 1.82) is 5.26 Å². The highest BCUT2D eigenvalue weighted by Gasteiger charge is 2.29. The second-order valence-electron chi connectivity index (χ2n) is 18.0. The zero-order chi connectivity index (χ0) is 43.2. The van der Waals surface area contributed by atoms with Crippen LogP contribution in [0.5, 0.6) is 5.75 Å². The van der Waals surface area contributed by atoms with E-state index >= 15 is 0 Å². The minimum absolute atomic E-state index is 0.198. The van der Waals surface area contributed by atoms with E-state index in [-0.39, 0.29) is 16.6 Å². The van der Waals surface area contributed by atoms with E-state index in [9.17, 15) is 10.4 Å². The van der Waals surface area contributed by atoms with Crippen LogP contribution in [0.15, 0.2) is 176 Å². The smallest absolute Gasteiger partial charge is 0.149 e. The van der Waals surface area contributed by atoms with E-state index in [0.29, 0.717) is 17.0 Å². The van der Waals surface area contributed by atoms with Gasteiger partial charge in [-0.15, -0.1) is 0 Å². The predicted octanol–water partition coefficient (Wildman–Crippen LogP) is 14.6. The van der Waals surface area contributed by atoms with Gasteiger partial charge >= 0.3 is 0 Å². The van der Waals surface area contributed by atoms with Crippen LogP contribution in [0.2, 0.25) is 0 Å². The topological polar surface area (TPSA) is 74.7 Å². The van der Waals surface area contributed by atoms with Crippen LogP contribution in [-0.2, 0) is 10.8 Å². The summed E-state index contributed by atoms with van der Waals surface area (Å²) in [6.07, 6.45) is 1.72. The summed E-state index contributed by atoms with van der Waals surface area (Å²) in [4.78, 5) is 10.6. The molecule has 0 aliphatic carbocycles. The molecule has 2 aromatic heterocycles. The highest BCUT2D eigenvalue weighted by molar-refractivity contribution is 5.99. The number of phenolic OH excluding ortho intramolecular Hbond substituents is 1. The summed E-state index contributed by atoms with van der Waals surface area (Å²) in [5, 5.41) is 22.8. The molecule has 0 saturated carbocycles. The van der Waals surface area contributed by atoms with Crippen LogP contribution in [0.1, 0.15) is 58.2 Å². The Kier molecular flexibility index (Phi) is 10.2. The molecular formula is C57H48N4O. The summed E-state index contributed by atoms with van der Waals surface area (Å²) in [5.41, 5.74) is 14.7. The fourth-order valence-corrected chi connectivity index (χ4v) is 8.48. The molecule has 0 atom stereocenters. The minimum Gasteiger partial charge on any atom is -0.507 e. The molecule has 7 aromatic carbocycles. The Morgan fingerprint density at radius 3 is 1.79 bits per heavy atom. The summed E-state index contributed by atoms with van der Waals surface area (Å²) in [6, 6.07) is 60.6. The zero-order valence-electron chi connectivity index (χ0n) is 36.0. The first kappa shape index (κ1) is 39.9. The van der Waals surface area contributed by atoms with Gasteiger partial charge in [0.2, 0.25) is 0 Å². The molecular weight excluding hydrogens is 757 g/mol. The summed E-state index contributed by atoms with van der Waals surface area (Å²) >= 11 is 0. The Hall–Kier alpha value is -7.55. The van der Waals surface area contributed by atoms with Gasteiger partial charge in [-0.05, 0) is 86.7 Å². The summed E-state index contributed by atoms with van der Waals surface area (Å²) in [5.74, 6) is 0.880. The predicted molar refractivity (Wildman–Crippen MR) is 255 cm³/mol. The molecule has 62 heavy (non-hydrogen) atoms. The van der Waals surface area contributed by atoms with Gasteiger partial charge in [-0.1, -0.05) is 169 Å². The molecule has 5 heteroatoms. The minimum atomic E-state index is -0.339. The van der Waals surface area contributed by atoms with Crippen LogP contribution >= 0.6 is 0 Å². The van der Waals surface area contributed by atoms with Crippen molar-refractivity contribution in [3.63, 3.8) is 0 Å². The SMILES string of the molecule is CC(C)(C)c1cc(-c2nc3c(-c4cc(-c5ccccc5)cc(-c5nccc(C#N)c5-c5ccccc5)c4)cccc3n2-c2ccccc2-c2ccccc2)c(O)c(C(C)(C)C)c1. The third-order valence-corrected chi connectivity index (χ3v) is 11.7. The summed E-state index contributed by atoms with van der Waals surface area (Å²) in [7, 11) is 0. The number of nitriles is 1. The van der Waals surface area contributed by atoms with E-state index in [1.165, 1.54) is 0 Å². The Balaban J connectivity index is 1.38. The van der Waals surface area contributed by atoms with Crippen LogP contribution in [0, 0.1) is 11.3 Å². The van der Waals surface area contributed by atoms with E-state index in [1.807, 2.05) is 42.5 Å². The molecule has 0 aliphatic rings. The van der Waals surface area contributed by atoms with Gasteiger partial charge in [-0.3, -0.25) is 9.55 Å². The van der Waals surface area contributed by atoms with E-state index < -0.39 is 0 Å². The average molecular weight is 805 g/mol.